The van der Waals surface area contributed by atoms with Crippen molar-refractivity contribution in [3.8, 4) is 0 Å². The Hall–Kier alpha value is -3.67. The highest BCUT2D eigenvalue weighted by Crippen LogP contribution is 2.29. The zero-order valence-electron chi connectivity index (χ0n) is 30.6. The zero-order chi connectivity index (χ0) is 36.1. The second kappa shape index (κ2) is 18.9. The highest BCUT2D eigenvalue weighted by atomic mass is 16.6. The largest absolute Gasteiger partial charge is 0.444 e. The van der Waals surface area contributed by atoms with Gasteiger partial charge in [-0.3, -0.25) is 14.4 Å². The standard InChI is InChI=1S/C37H60N6O6/c1-8-9-17-39-33(45)24(4)19-30(44)28(20-25-14-11-10-12-15-25)41-35(47)31(23(2)3)43-34(46)29(42-36(48)49-37(5,6)7)21-26-22-40-32-27(26)16-13-18-38-32/h13,16,18,22-25,28-31,44H,8-12,14-15,17,19-21H2,1-7H3,(H,38,40)(H,39,45)(H,41,47)(H,42,48)(H,43,46)/t24-,28+,29+,30+,31+/m1/s1. The van der Waals surface area contributed by atoms with Crippen molar-refractivity contribution in [1.29, 1.82) is 0 Å². The smallest absolute Gasteiger partial charge is 0.408 e. The first-order valence-corrected chi connectivity index (χ1v) is 18.2. The molecule has 1 saturated carbocycles. The van der Waals surface area contributed by atoms with Gasteiger partial charge in [-0.2, -0.15) is 0 Å². The molecule has 274 valence electrons. The van der Waals surface area contributed by atoms with Crippen LogP contribution < -0.4 is 21.3 Å². The third kappa shape index (κ3) is 12.9. The minimum absolute atomic E-state index is 0.114. The van der Waals surface area contributed by atoms with Crippen molar-refractivity contribution < 1.29 is 29.0 Å². The van der Waals surface area contributed by atoms with Crippen molar-refractivity contribution in [2.75, 3.05) is 6.54 Å². The lowest BCUT2D eigenvalue weighted by Gasteiger charge is -2.33. The summed E-state index contributed by atoms with van der Waals surface area (Å²) in [5, 5.41) is 23.9. The van der Waals surface area contributed by atoms with Crippen LogP contribution in [-0.4, -0.2) is 75.3 Å². The Morgan fingerprint density at radius 2 is 1.73 bits per heavy atom. The van der Waals surface area contributed by atoms with E-state index in [2.05, 4.69) is 38.2 Å². The molecule has 6 N–H and O–H groups in total. The molecule has 0 aliphatic heterocycles. The first-order chi connectivity index (χ1) is 23.2. The SMILES string of the molecule is CCCCNC(=O)[C@H](C)C[C@H](O)[C@H](CC1CCCCC1)NC(=O)[C@@H](NC(=O)[C@H](Cc1c[nH]c2ncccc12)NC(=O)OC(C)(C)C)C(C)C. The molecule has 1 aliphatic carbocycles. The number of carbonyl (C=O) groups excluding carboxylic acids is 4. The van der Waals surface area contributed by atoms with Gasteiger partial charge in [0.2, 0.25) is 17.7 Å². The van der Waals surface area contributed by atoms with Crippen molar-refractivity contribution >= 4 is 34.8 Å². The molecule has 0 bridgehead atoms. The third-order valence-corrected chi connectivity index (χ3v) is 9.19. The number of aliphatic hydroxyl groups excluding tert-OH is 1. The molecule has 0 aromatic carbocycles. The number of ether oxygens (including phenoxy) is 1. The van der Waals surface area contributed by atoms with Crippen molar-refractivity contribution in [3.63, 3.8) is 0 Å². The number of pyridine rings is 1. The molecular weight excluding hydrogens is 624 g/mol. The summed E-state index contributed by atoms with van der Waals surface area (Å²) in [4.78, 5) is 60.9. The molecular formula is C37H60N6O6. The van der Waals surface area contributed by atoms with Crippen LogP contribution in [0.3, 0.4) is 0 Å². The average molecular weight is 685 g/mol. The van der Waals surface area contributed by atoms with Crippen LogP contribution in [0.25, 0.3) is 11.0 Å². The fraction of sp³-hybridized carbons (Fsp3) is 0.703. The van der Waals surface area contributed by atoms with Crippen molar-refractivity contribution in [1.82, 2.24) is 31.2 Å². The molecule has 0 saturated heterocycles. The number of hydrogen-bond acceptors (Lipinski definition) is 7. The van der Waals surface area contributed by atoms with Gasteiger partial charge in [0.1, 0.15) is 23.3 Å². The fourth-order valence-electron chi connectivity index (χ4n) is 6.41. The Bertz CT molecular complexity index is 1360. The number of hydrogen-bond donors (Lipinski definition) is 6. The second-order valence-electron chi connectivity index (χ2n) is 15.1. The monoisotopic (exact) mass is 684 g/mol. The number of H-pyrrole nitrogens is 1. The Labute approximate surface area is 291 Å². The number of aromatic nitrogens is 2. The van der Waals surface area contributed by atoms with Crippen LogP contribution in [0.2, 0.25) is 0 Å². The Kier molecular flexibility index (Phi) is 15.4. The van der Waals surface area contributed by atoms with Crippen molar-refractivity contribution in [3.05, 3.63) is 30.1 Å². The summed E-state index contributed by atoms with van der Waals surface area (Å²) in [6.07, 6.45) is 9.96. The molecule has 2 heterocycles. The summed E-state index contributed by atoms with van der Waals surface area (Å²) in [5.74, 6) is -1.47. The molecule has 1 aliphatic rings. The predicted molar refractivity (Wildman–Crippen MR) is 191 cm³/mol. The highest BCUT2D eigenvalue weighted by molar-refractivity contribution is 5.92. The normalized spacial score (nSPS) is 17.1. The Morgan fingerprint density at radius 1 is 1.02 bits per heavy atom. The van der Waals surface area contributed by atoms with E-state index in [-0.39, 0.29) is 24.7 Å². The van der Waals surface area contributed by atoms with Crippen LogP contribution in [0.4, 0.5) is 4.79 Å². The van der Waals surface area contributed by atoms with Crippen molar-refractivity contribution in [2.24, 2.45) is 17.8 Å². The molecule has 2 aromatic rings. The van der Waals surface area contributed by atoms with E-state index in [0.717, 1.165) is 49.5 Å². The molecule has 1 fully saturated rings. The highest BCUT2D eigenvalue weighted by Gasteiger charge is 2.34. The maximum Gasteiger partial charge on any atom is 0.408 e. The van der Waals surface area contributed by atoms with E-state index in [0.29, 0.717) is 24.5 Å². The number of carbonyl (C=O) groups is 4. The summed E-state index contributed by atoms with van der Waals surface area (Å²) in [5.41, 5.74) is 0.648. The van der Waals surface area contributed by atoms with Crippen LogP contribution in [0.1, 0.15) is 112 Å². The Balaban J connectivity index is 1.78. The lowest BCUT2D eigenvalue weighted by atomic mass is 9.82. The maximum absolute atomic E-state index is 14.0. The lowest BCUT2D eigenvalue weighted by Crippen LogP contribution is -2.58. The van der Waals surface area contributed by atoms with E-state index in [1.54, 1.807) is 46.2 Å². The van der Waals surface area contributed by atoms with E-state index < -0.39 is 53.7 Å². The van der Waals surface area contributed by atoms with Gasteiger partial charge >= 0.3 is 6.09 Å². The van der Waals surface area contributed by atoms with Gasteiger partial charge in [0, 0.05) is 36.7 Å². The molecule has 49 heavy (non-hydrogen) atoms. The topological polar surface area (TPSA) is 175 Å². The van der Waals surface area contributed by atoms with Gasteiger partial charge in [0.05, 0.1) is 12.1 Å². The number of unbranched alkanes of at least 4 members (excludes halogenated alkanes) is 1. The van der Waals surface area contributed by atoms with Crippen molar-refractivity contribution in [2.45, 2.75) is 143 Å². The van der Waals surface area contributed by atoms with Crippen LogP contribution in [0.5, 0.6) is 0 Å². The molecule has 0 spiro atoms. The minimum atomic E-state index is -1.06. The van der Waals surface area contributed by atoms with Crippen LogP contribution in [0.15, 0.2) is 24.5 Å². The van der Waals surface area contributed by atoms with E-state index in [1.807, 2.05) is 19.9 Å². The first-order valence-electron chi connectivity index (χ1n) is 18.2. The molecule has 4 amide bonds. The summed E-state index contributed by atoms with van der Waals surface area (Å²) in [6, 6.07) is 1.09. The number of alkyl carbamates (subject to hydrolysis) is 1. The molecule has 5 atom stereocenters. The van der Waals surface area contributed by atoms with Gasteiger partial charge in [-0.25, -0.2) is 9.78 Å². The number of aliphatic hydroxyl groups is 1. The molecule has 12 nitrogen and oxygen atoms in total. The van der Waals surface area contributed by atoms with Crippen LogP contribution >= 0.6 is 0 Å². The third-order valence-electron chi connectivity index (χ3n) is 9.19. The summed E-state index contributed by atoms with van der Waals surface area (Å²) < 4.78 is 5.47. The van der Waals surface area contributed by atoms with Gasteiger partial charge in [-0.15, -0.1) is 0 Å². The number of aromatic amines is 1. The van der Waals surface area contributed by atoms with Gasteiger partial charge in [-0.05, 0) is 69.6 Å². The summed E-state index contributed by atoms with van der Waals surface area (Å²) >= 11 is 0. The Morgan fingerprint density at radius 3 is 2.39 bits per heavy atom. The number of rotatable bonds is 17. The first kappa shape index (κ1) is 39.8. The lowest BCUT2D eigenvalue weighted by molar-refractivity contribution is -0.132. The van der Waals surface area contributed by atoms with E-state index in [1.165, 1.54) is 6.42 Å². The molecule has 2 aromatic heterocycles. The fourth-order valence-corrected chi connectivity index (χ4v) is 6.41. The summed E-state index contributed by atoms with van der Waals surface area (Å²) in [6.45, 7) is 13.3. The molecule has 0 radical (unpaired) electrons. The maximum atomic E-state index is 14.0. The predicted octanol–water partition coefficient (Wildman–Crippen LogP) is 4.90. The van der Waals surface area contributed by atoms with Gasteiger partial charge < -0.3 is 36.1 Å². The second-order valence-corrected chi connectivity index (χ2v) is 15.1. The van der Waals surface area contributed by atoms with E-state index in [4.69, 9.17) is 4.74 Å². The average Bonchev–Trinajstić information content (AvgIpc) is 3.44. The van der Waals surface area contributed by atoms with E-state index >= 15 is 0 Å². The zero-order valence-corrected chi connectivity index (χ0v) is 30.6. The number of amides is 4. The number of nitrogens with zero attached hydrogens (tertiary/aromatic N) is 1. The quantitative estimate of drug-likeness (QED) is 0.129. The van der Waals surface area contributed by atoms with E-state index in [9.17, 15) is 24.3 Å². The molecule has 0 unspecified atom stereocenters. The molecule has 12 heteroatoms. The van der Waals surface area contributed by atoms with Crippen LogP contribution in [-0.2, 0) is 25.5 Å². The summed E-state index contributed by atoms with van der Waals surface area (Å²) in [7, 11) is 0. The van der Waals surface area contributed by atoms with Crippen LogP contribution in [0, 0.1) is 17.8 Å². The van der Waals surface area contributed by atoms with Gasteiger partial charge in [0.25, 0.3) is 0 Å². The number of fused-ring (bicyclic) bond motifs is 1. The van der Waals surface area contributed by atoms with Gasteiger partial charge in [0.15, 0.2) is 0 Å². The van der Waals surface area contributed by atoms with Gasteiger partial charge in [-0.1, -0.05) is 66.2 Å². The number of nitrogens with one attached hydrogen (secondary N) is 5. The minimum Gasteiger partial charge on any atom is -0.444 e. The molecule has 3 rings (SSSR count).